The van der Waals surface area contributed by atoms with Gasteiger partial charge in [0, 0.05) is 7.05 Å². The molecule has 0 aliphatic rings. The number of nitrogens with zero attached hydrogens (tertiary/aromatic N) is 2. The van der Waals surface area contributed by atoms with Gasteiger partial charge in [0.1, 0.15) is 5.60 Å². The molecule has 0 saturated carbocycles. The van der Waals surface area contributed by atoms with Gasteiger partial charge in [-0.3, -0.25) is 4.68 Å². The second-order valence-electron chi connectivity index (χ2n) is 4.74. The van der Waals surface area contributed by atoms with Crippen LogP contribution in [0.15, 0.2) is 30.5 Å². The number of hydrogen-bond donors (Lipinski definition) is 1. The van der Waals surface area contributed by atoms with Crippen molar-refractivity contribution in [3.8, 4) is 0 Å². The monoisotopic (exact) mass is 230 g/mol. The molecule has 1 heterocycles. The van der Waals surface area contributed by atoms with Crippen LogP contribution in [0.1, 0.15) is 29.3 Å². The Morgan fingerprint density at radius 2 is 1.76 bits per heavy atom. The average Bonchev–Trinajstić information content (AvgIpc) is 2.59. The number of aryl methyl sites for hydroxylation is 3. The zero-order chi connectivity index (χ0) is 12.6. The summed E-state index contributed by atoms with van der Waals surface area (Å²) in [6.45, 7) is 5.81. The van der Waals surface area contributed by atoms with Crippen LogP contribution >= 0.6 is 0 Å². The normalized spacial score (nSPS) is 14.6. The molecule has 2 rings (SSSR count). The quantitative estimate of drug-likeness (QED) is 0.859. The second-order valence-corrected chi connectivity index (χ2v) is 4.74. The summed E-state index contributed by atoms with van der Waals surface area (Å²) in [5.41, 5.74) is 2.89. The summed E-state index contributed by atoms with van der Waals surface area (Å²) in [7, 11) is 1.85. The molecule has 1 atom stereocenters. The van der Waals surface area contributed by atoms with Crippen LogP contribution in [0, 0.1) is 13.8 Å². The molecule has 90 valence electrons. The molecule has 3 heteroatoms. The minimum atomic E-state index is -1.01. The van der Waals surface area contributed by atoms with Gasteiger partial charge in [0.2, 0.25) is 0 Å². The van der Waals surface area contributed by atoms with Crippen LogP contribution in [-0.4, -0.2) is 14.9 Å². The SMILES string of the molecule is Cc1ccc(C(C)(O)c2c(C)cnn2C)cc1. The summed E-state index contributed by atoms with van der Waals surface area (Å²) >= 11 is 0. The van der Waals surface area contributed by atoms with Gasteiger partial charge in [0.25, 0.3) is 0 Å². The van der Waals surface area contributed by atoms with Crippen molar-refractivity contribution in [2.75, 3.05) is 0 Å². The number of aromatic nitrogens is 2. The standard InChI is InChI=1S/C14H18N2O/c1-10-5-7-12(8-6-10)14(3,17)13-11(2)9-15-16(13)4/h5-9,17H,1-4H3. The highest BCUT2D eigenvalue weighted by atomic mass is 16.3. The largest absolute Gasteiger partial charge is 0.379 e. The molecule has 17 heavy (non-hydrogen) atoms. The third kappa shape index (κ3) is 1.98. The van der Waals surface area contributed by atoms with E-state index in [1.54, 1.807) is 10.9 Å². The molecular formula is C14H18N2O. The van der Waals surface area contributed by atoms with Crippen molar-refractivity contribution in [3.63, 3.8) is 0 Å². The lowest BCUT2D eigenvalue weighted by molar-refractivity contribution is 0.0922. The van der Waals surface area contributed by atoms with Crippen molar-refractivity contribution in [1.82, 2.24) is 9.78 Å². The zero-order valence-corrected chi connectivity index (χ0v) is 10.7. The molecule has 0 bridgehead atoms. The van der Waals surface area contributed by atoms with Crippen molar-refractivity contribution >= 4 is 0 Å². The van der Waals surface area contributed by atoms with Gasteiger partial charge in [-0.1, -0.05) is 29.8 Å². The smallest absolute Gasteiger partial charge is 0.129 e. The minimum Gasteiger partial charge on any atom is -0.379 e. The molecule has 3 nitrogen and oxygen atoms in total. The summed E-state index contributed by atoms with van der Waals surface area (Å²) < 4.78 is 1.73. The average molecular weight is 230 g/mol. The molecule has 0 spiro atoms. The first-order valence-electron chi connectivity index (χ1n) is 5.71. The van der Waals surface area contributed by atoms with Crippen LogP contribution in [0.2, 0.25) is 0 Å². The first-order chi connectivity index (χ1) is 7.93. The Labute approximate surface area is 102 Å². The van der Waals surface area contributed by atoms with Crippen LogP contribution in [-0.2, 0) is 12.6 Å². The zero-order valence-electron chi connectivity index (χ0n) is 10.7. The van der Waals surface area contributed by atoms with Crippen molar-refractivity contribution in [3.05, 3.63) is 52.8 Å². The number of hydrogen-bond acceptors (Lipinski definition) is 2. The molecule has 1 aromatic carbocycles. The van der Waals surface area contributed by atoms with E-state index in [1.807, 2.05) is 52.1 Å². The number of benzene rings is 1. The molecular weight excluding hydrogens is 212 g/mol. The maximum Gasteiger partial charge on any atom is 0.129 e. The number of aliphatic hydroxyl groups is 1. The van der Waals surface area contributed by atoms with Crippen LogP contribution in [0.3, 0.4) is 0 Å². The van der Waals surface area contributed by atoms with Gasteiger partial charge < -0.3 is 5.11 Å². The molecule has 0 amide bonds. The van der Waals surface area contributed by atoms with Crippen LogP contribution in [0.5, 0.6) is 0 Å². The second kappa shape index (κ2) is 4.00. The molecule has 0 aliphatic carbocycles. The molecule has 0 aliphatic heterocycles. The summed E-state index contributed by atoms with van der Waals surface area (Å²) in [6.07, 6.45) is 1.78. The summed E-state index contributed by atoms with van der Waals surface area (Å²) in [6, 6.07) is 7.94. The van der Waals surface area contributed by atoms with E-state index in [-0.39, 0.29) is 0 Å². The van der Waals surface area contributed by atoms with Crippen molar-refractivity contribution in [2.24, 2.45) is 7.05 Å². The van der Waals surface area contributed by atoms with E-state index < -0.39 is 5.60 Å². The Morgan fingerprint density at radius 1 is 1.18 bits per heavy atom. The fraction of sp³-hybridized carbons (Fsp3) is 0.357. The Bertz CT molecular complexity index is 504. The van der Waals surface area contributed by atoms with Gasteiger partial charge in [-0.15, -0.1) is 0 Å². The molecule has 1 N–H and O–H groups in total. The predicted octanol–water partition coefficient (Wildman–Crippen LogP) is 2.29. The summed E-state index contributed by atoms with van der Waals surface area (Å²) in [5.74, 6) is 0. The van der Waals surface area contributed by atoms with Crippen LogP contribution < -0.4 is 0 Å². The third-order valence-corrected chi connectivity index (χ3v) is 3.20. The summed E-state index contributed by atoms with van der Waals surface area (Å²) in [4.78, 5) is 0. The Hall–Kier alpha value is -1.61. The Morgan fingerprint density at radius 3 is 2.24 bits per heavy atom. The maximum atomic E-state index is 10.7. The molecule has 0 fully saturated rings. The van der Waals surface area contributed by atoms with E-state index in [0.29, 0.717) is 0 Å². The van der Waals surface area contributed by atoms with Gasteiger partial charge in [-0.2, -0.15) is 5.10 Å². The van der Waals surface area contributed by atoms with Gasteiger partial charge in [-0.25, -0.2) is 0 Å². The first kappa shape index (κ1) is 11.9. The highest BCUT2D eigenvalue weighted by molar-refractivity contribution is 5.36. The third-order valence-electron chi connectivity index (χ3n) is 3.20. The summed E-state index contributed by atoms with van der Waals surface area (Å²) in [5, 5.41) is 14.9. The highest BCUT2D eigenvalue weighted by Gasteiger charge is 2.30. The van der Waals surface area contributed by atoms with Crippen molar-refractivity contribution in [2.45, 2.75) is 26.4 Å². The van der Waals surface area contributed by atoms with Gasteiger partial charge in [0.05, 0.1) is 11.9 Å². The lowest BCUT2D eigenvalue weighted by atomic mass is 9.90. The van der Waals surface area contributed by atoms with Gasteiger partial charge in [-0.05, 0) is 31.9 Å². The van der Waals surface area contributed by atoms with E-state index in [0.717, 1.165) is 16.8 Å². The topological polar surface area (TPSA) is 38.1 Å². The van der Waals surface area contributed by atoms with E-state index in [9.17, 15) is 5.11 Å². The van der Waals surface area contributed by atoms with E-state index in [2.05, 4.69) is 5.10 Å². The Balaban J connectivity index is 2.53. The van der Waals surface area contributed by atoms with E-state index >= 15 is 0 Å². The van der Waals surface area contributed by atoms with Crippen molar-refractivity contribution < 1.29 is 5.11 Å². The minimum absolute atomic E-state index is 0.835. The van der Waals surface area contributed by atoms with E-state index in [1.165, 1.54) is 5.56 Å². The number of rotatable bonds is 2. The van der Waals surface area contributed by atoms with Crippen molar-refractivity contribution in [1.29, 1.82) is 0 Å². The fourth-order valence-electron chi connectivity index (χ4n) is 2.26. The molecule has 0 radical (unpaired) electrons. The Kier molecular flexibility index (Phi) is 2.79. The lowest BCUT2D eigenvalue weighted by Gasteiger charge is -2.25. The highest BCUT2D eigenvalue weighted by Crippen LogP contribution is 2.30. The molecule has 1 aromatic heterocycles. The molecule has 2 aromatic rings. The maximum absolute atomic E-state index is 10.7. The van der Waals surface area contributed by atoms with Gasteiger partial charge in [0.15, 0.2) is 0 Å². The molecule has 1 unspecified atom stereocenters. The predicted molar refractivity (Wildman–Crippen MR) is 67.8 cm³/mol. The lowest BCUT2D eigenvalue weighted by Crippen LogP contribution is -2.27. The van der Waals surface area contributed by atoms with Crippen LogP contribution in [0.25, 0.3) is 0 Å². The van der Waals surface area contributed by atoms with Gasteiger partial charge >= 0.3 is 0 Å². The van der Waals surface area contributed by atoms with E-state index in [4.69, 9.17) is 0 Å². The van der Waals surface area contributed by atoms with Crippen LogP contribution in [0.4, 0.5) is 0 Å². The molecule has 0 saturated heterocycles. The first-order valence-corrected chi connectivity index (χ1v) is 5.71. The fourth-order valence-corrected chi connectivity index (χ4v) is 2.26.